The van der Waals surface area contributed by atoms with Crippen molar-refractivity contribution < 1.29 is 9.53 Å². The lowest BCUT2D eigenvalue weighted by Gasteiger charge is -2.10. The number of aromatic nitrogens is 2. The number of nitrogens with zero attached hydrogens (tertiary/aromatic N) is 2. The molecular weight excluding hydrogens is 246 g/mol. The third-order valence-electron chi connectivity index (χ3n) is 2.72. The predicted octanol–water partition coefficient (Wildman–Crippen LogP) is 0.538. The van der Waals surface area contributed by atoms with Gasteiger partial charge in [-0.05, 0) is 19.8 Å². The molecule has 0 atom stereocenters. The fourth-order valence-electron chi connectivity index (χ4n) is 1.59. The average Bonchev–Trinajstić information content (AvgIpc) is 3.18. The highest BCUT2D eigenvalue weighted by atomic mass is 16.5. The van der Waals surface area contributed by atoms with Crippen LogP contribution in [0.15, 0.2) is 6.33 Å². The van der Waals surface area contributed by atoms with E-state index in [1.165, 1.54) is 6.33 Å². The third kappa shape index (κ3) is 3.97. The van der Waals surface area contributed by atoms with Crippen molar-refractivity contribution in [2.24, 2.45) is 0 Å². The maximum absolute atomic E-state index is 11.5. The van der Waals surface area contributed by atoms with Crippen LogP contribution in [0.25, 0.3) is 0 Å². The minimum atomic E-state index is 0.0488. The number of carbonyl (C=O) groups excluding carboxylic acids is 1. The van der Waals surface area contributed by atoms with Crippen molar-refractivity contribution in [3.8, 4) is 5.88 Å². The van der Waals surface area contributed by atoms with E-state index in [0.717, 1.165) is 12.8 Å². The Balaban J connectivity index is 1.81. The normalized spacial score (nSPS) is 13.9. The van der Waals surface area contributed by atoms with Gasteiger partial charge in [-0.2, -0.15) is 4.98 Å². The van der Waals surface area contributed by atoms with E-state index in [2.05, 4.69) is 20.6 Å². The highest BCUT2D eigenvalue weighted by molar-refractivity contribution is 5.77. The molecule has 1 saturated carbocycles. The predicted molar refractivity (Wildman–Crippen MR) is 71.9 cm³/mol. The molecule has 0 radical (unpaired) electrons. The lowest BCUT2D eigenvalue weighted by Crippen LogP contribution is -2.27. The Morgan fingerprint density at radius 1 is 1.53 bits per heavy atom. The molecule has 1 aliphatic carbocycles. The van der Waals surface area contributed by atoms with Gasteiger partial charge in [0, 0.05) is 19.0 Å². The van der Waals surface area contributed by atoms with Crippen molar-refractivity contribution in [1.82, 2.24) is 15.3 Å². The summed E-state index contributed by atoms with van der Waals surface area (Å²) in [7, 11) is 0. The van der Waals surface area contributed by atoms with Gasteiger partial charge in [0.05, 0.1) is 6.61 Å². The summed E-state index contributed by atoms with van der Waals surface area (Å²) in [6.07, 6.45) is 3.96. The number of hydrogen-bond donors (Lipinski definition) is 3. The molecular formula is C12H19N5O2. The summed E-state index contributed by atoms with van der Waals surface area (Å²) in [4.78, 5) is 19.5. The van der Waals surface area contributed by atoms with Gasteiger partial charge in [-0.25, -0.2) is 4.98 Å². The van der Waals surface area contributed by atoms with Crippen molar-refractivity contribution in [2.75, 3.05) is 24.2 Å². The highest BCUT2D eigenvalue weighted by Crippen LogP contribution is 2.24. The fourth-order valence-corrected chi connectivity index (χ4v) is 1.59. The van der Waals surface area contributed by atoms with Crippen LogP contribution in [0.5, 0.6) is 5.88 Å². The molecule has 0 unspecified atom stereocenters. The van der Waals surface area contributed by atoms with Crippen LogP contribution in [0.3, 0.4) is 0 Å². The average molecular weight is 265 g/mol. The summed E-state index contributed by atoms with van der Waals surface area (Å²) in [6, 6.07) is 0.390. The molecule has 1 aromatic heterocycles. The summed E-state index contributed by atoms with van der Waals surface area (Å²) < 4.78 is 5.27. The van der Waals surface area contributed by atoms with E-state index in [1.807, 2.05) is 6.92 Å². The Kier molecular flexibility index (Phi) is 4.38. The van der Waals surface area contributed by atoms with Crippen LogP contribution < -0.4 is 21.1 Å². The van der Waals surface area contributed by atoms with Crippen LogP contribution in [0.2, 0.25) is 0 Å². The quantitative estimate of drug-likeness (QED) is 0.665. The zero-order valence-electron chi connectivity index (χ0n) is 11.0. The number of anilines is 2. The largest absolute Gasteiger partial charge is 0.476 e. The Bertz CT molecular complexity index is 448. The second-order valence-electron chi connectivity index (χ2n) is 4.39. The number of amides is 1. The van der Waals surface area contributed by atoms with E-state index in [-0.39, 0.29) is 5.91 Å². The molecule has 1 fully saturated rings. The van der Waals surface area contributed by atoms with Gasteiger partial charge in [-0.3, -0.25) is 4.79 Å². The van der Waals surface area contributed by atoms with Crippen molar-refractivity contribution in [3.05, 3.63) is 6.33 Å². The Morgan fingerprint density at radius 2 is 2.32 bits per heavy atom. The molecule has 0 aromatic carbocycles. The van der Waals surface area contributed by atoms with Gasteiger partial charge in [0.2, 0.25) is 11.8 Å². The van der Waals surface area contributed by atoms with Gasteiger partial charge in [-0.1, -0.05) is 0 Å². The van der Waals surface area contributed by atoms with Crippen LogP contribution in [-0.4, -0.2) is 35.1 Å². The molecule has 104 valence electrons. The minimum absolute atomic E-state index is 0.0488. The summed E-state index contributed by atoms with van der Waals surface area (Å²) in [5, 5.41) is 5.94. The molecule has 2 rings (SSSR count). The first-order valence-corrected chi connectivity index (χ1v) is 6.47. The zero-order chi connectivity index (χ0) is 13.7. The van der Waals surface area contributed by atoms with Crippen LogP contribution in [0, 0.1) is 0 Å². The molecule has 0 spiro atoms. The molecule has 4 N–H and O–H groups in total. The first kappa shape index (κ1) is 13.4. The van der Waals surface area contributed by atoms with Crippen molar-refractivity contribution in [1.29, 1.82) is 0 Å². The number of rotatable bonds is 7. The minimum Gasteiger partial charge on any atom is -0.476 e. The summed E-state index contributed by atoms with van der Waals surface area (Å²) >= 11 is 0. The number of nitrogens with one attached hydrogen (secondary N) is 2. The molecule has 0 bridgehead atoms. The van der Waals surface area contributed by atoms with Gasteiger partial charge in [0.1, 0.15) is 12.0 Å². The van der Waals surface area contributed by atoms with Crippen LogP contribution in [0.4, 0.5) is 11.5 Å². The van der Waals surface area contributed by atoms with Gasteiger partial charge in [0.15, 0.2) is 5.82 Å². The number of hydrogen-bond acceptors (Lipinski definition) is 6. The van der Waals surface area contributed by atoms with E-state index in [1.54, 1.807) is 0 Å². The summed E-state index contributed by atoms with van der Waals surface area (Å²) in [6.45, 7) is 2.83. The number of ether oxygens (including phenoxy) is 1. The van der Waals surface area contributed by atoms with Crippen LogP contribution in [-0.2, 0) is 4.79 Å². The Hall–Kier alpha value is -2.05. The number of carbonyl (C=O) groups is 1. The van der Waals surface area contributed by atoms with Crippen LogP contribution in [0.1, 0.15) is 26.2 Å². The molecule has 1 amide bonds. The molecule has 0 saturated heterocycles. The van der Waals surface area contributed by atoms with Gasteiger partial charge in [0.25, 0.3) is 0 Å². The van der Waals surface area contributed by atoms with E-state index in [9.17, 15) is 4.79 Å². The van der Waals surface area contributed by atoms with Gasteiger partial charge in [-0.15, -0.1) is 0 Å². The molecule has 19 heavy (non-hydrogen) atoms. The molecule has 7 nitrogen and oxygen atoms in total. The van der Waals surface area contributed by atoms with E-state index < -0.39 is 0 Å². The van der Waals surface area contributed by atoms with E-state index >= 15 is 0 Å². The van der Waals surface area contributed by atoms with E-state index in [0.29, 0.717) is 43.0 Å². The summed E-state index contributed by atoms with van der Waals surface area (Å²) in [5.74, 6) is 0.910. The maximum Gasteiger partial charge on any atom is 0.242 e. The monoisotopic (exact) mass is 265 g/mol. The maximum atomic E-state index is 11.5. The number of nitrogen functional groups attached to an aromatic ring is 1. The van der Waals surface area contributed by atoms with Crippen LogP contribution >= 0.6 is 0 Å². The van der Waals surface area contributed by atoms with Crippen molar-refractivity contribution >= 4 is 17.4 Å². The smallest absolute Gasteiger partial charge is 0.242 e. The second-order valence-corrected chi connectivity index (χ2v) is 4.39. The van der Waals surface area contributed by atoms with Gasteiger partial charge >= 0.3 is 0 Å². The first-order chi connectivity index (χ1) is 9.20. The summed E-state index contributed by atoms with van der Waals surface area (Å²) in [5.41, 5.74) is 6.23. The van der Waals surface area contributed by atoms with Gasteiger partial charge < -0.3 is 21.1 Å². The third-order valence-corrected chi connectivity index (χ3v) is 2.72. The zero-order valence-corrected chi connectivity index (χ0v) is 11.0. The highest BCUT2D eigenvalue weighted by Gasteiger charge is 2.22. The molecule has 7 heteroatoms. The van der Waals surface area contributed by atoms with Crippen molar-refractivity contribution in [3.63, 3.8) is 0 Å². The molecule has 1 heterocycles. The van der Waals surface area contributed by atoms with E-state index in [4.69, 9.17) is 10.5 Å². The van der Waals surface area contributed by atoms with Crippen molar-refractivity contribution in [2.45, 2.75) is 32.2 Å². The lowest BCUT2D eigenvalue weighted by atomic mass is 10.3. The standard InChI is InChI=1S/C12H19N5O2/c1-2-19-12-10(13)11(15-7-16-12)14-6-5-9(18)17-8-3-4-8/h7-8H,2-6,13H2,1H3,(H,17,18)(H,14,15,16). The molecule has 0 aliphatic heterocycles. The molecule has 1 aromatic rings. The molecule has 1 aliphatic rings. The second kappa shape index (κ2) is 6.21. The topological polar surface area (TPSA) is 102 Å². The first-order valence-electron chi connectivity index (χ1n) is 6.47. The fraction of sp³-hybridized carbons (Fsp3) is 0.583. The number of nitrogens with two attached hydrogens (primary N) is 1. The Labute approximate surface area is 111 Å². The SMILES string of the molecule is CCOc1ncnc(NCCC(=O)NC2CC2)c1N. The lowest BCUT2D eigenvalue weighted by molar-refractivity contribution is -0.120. The Morgan fingerprint density at radius 3 is 3.00 bits per heavy atom.